The molecule has 138 valence electrons. The molecule has 3 rings (SSSR count). The maximum absolute atomic E-state index is 13.2. The average Bonchev–Trinajstić information content (AvgIpc) is 2.63. The smallest absolute Gasteiger partial charge is 0.255 e. The molecule has 0 unspecified atom stereocenters. The largest absolute Gasteiger partial charge is 0.370 e. The number of nitrogens with one attached hydrogen (secondary N) is 3. The summed E-state index contributed by atoms with van der Waals surface area (Å²) in [6.45, 7) is 4.68. The normalized spacial score (nSPS) is 10.3. The van der Waals surface area contributed by atoms with Crippen LogP contribution in [0.1, 0.15) is 23.0 Å². The summed E-state index contributed by atoms with van der Waals surface area (Å²) in [5.41, 5.74) is 2.50. The van der Waals surface area contributed by atoms with Crippen LogP contribution < -0.4 is 16.0 Å². The van der Waals surface area contributed by atoms with Gasteiger partial charge in [0.15, 0.2) is 0 Å². The molecule has 0 radical (unpaired) electrons. The molecule has 1 heterocycles. The summed E-state index contributed by atoms with van der Waals surface area (Å²) >= 11 is 0. The highest BCUT2D eigenvalue weighted by molar-refractivity contribution is 6.04. The summed E-state index contributed by atoms with van der Waals surface area (Å²) in [5, 5.41) is 9.04. The van der Waals surface area contributed by atoms with Crippen molar-refractivity contribution in [2.24, 2.45) is 0 Å². The van der Waals surface area contributed by atoms with Crippen LogP contribution in [0.5, 0.6) is 0 Å². The van der Waals surface area contributed by atoms with Crippen LogP contribution in [0.4, 0.5) is 27.5 Å². The van der Waals surface area contributed by atoms with Gasteiger partial charge in [-0.15, -0.1) is 0 Å². The molecule has 3 aromatic rings. The van der Waals surface area contributed by atoms with Gasteiger partial charge in [-0.2, -0.15) is 4.98 Å². The average molecular weight is 365 g/mol. The predicted molar refractivity (Wildman–Crippen MR) is 105 cm³/mol. The Morgan fingerprint density at radius 1 is 1.04 bits per heavy atom. The van der Waals surface area contributed by atoms with Crippen LogP contribution in [0.25, 0.3) is 0 Å². The fourth-order valence-electron chi connectivity index (χ4n) is 2.50. The molecule has 0 fully saturated rings. The lowest BCUT2D eigenvalue weighted by Gasteiger charge is -2.10. The highest BCUT2D eigenvalue weighted by atomic mass is 19.1. The molecule has 0 atom stereocenters. The maximum Gasteiger partial charge on any atom is 0.255 e. The zero-order chi connectivity index (χ0) is 19.2. The minimum absolute atomic E-state index is 0.265. The Hall–Kier alpha value is -3.48. The Morgan fingerprint density at radius 2 is 1.78 bits per heavy atom. The van der Waals surface area contributed by atoms with Gasteiger partial charge >= 0.3 is 0 Å². The molecule has 6 nitrogen and oxygen atoms in total. The molecule has 1 amide bonds. The summed E-state index contributed by atoms with van der Waals surface area (Å²) in [6.07, 6.45) is 0. The van der Waals surface area contributed by atoms with E-state index in [2.05, 4.69) is 25.9 Å². The first-order valence-corrected chi connectivity index (χ1v) is 8.57. The summed E-state index contributed by atoms with van der Waals surface area (Å²) in [5.74, 6) is 0.429. The fraction of sp³-hybridized carbons (Fsp3) is 0.150. The first kappa shape index (κ1) is 18.3. The van der Waals surface area contributed by atoms with Gasteiger partial charge in [-0.25, -0.2) is 9.37 Å². The van der Waals surface area contributed by atoms with E-state index in [0.29, 0.717) is 11.6 Å². The minimum atomic E-state index is -0.447. The van der Waals surface area contributed by atoms with E-state index >= 15 is 0 Å². The minimum Gasteiger partial charge on any atom is -0.370 e. The van der Waals surface area contributed by atoms with Crippen molar-refractivity contribution < 1.29 is 9.18 Å². The van der Waals surface area contributed by atoms with Crippen LogP contribution in [-0.4, -0.2) is 22.4 Å². The first-order chi connectivity index (χ1) is 13.0. The van der Waals surface area contributed by atoms with Gasteiger partial charge in [-0.3, -0.25) is 4.79 Å². The standard InChI is InChI=1S/C20H20FN5O/c1-3-22-18-11-13(2)23-20(26-18)25-17-9-7-16(8-10-17)24-19(27)14-5-4-6-15(21)12-14/h4-12H,3H2,1-2H3,(H,24,27)(H2,22,23,25,26). The van der Waals surface area contributed by atoms with Crippen molar-refractivity contribution in [1.82, 2.24) is 9.97 Å². The lowest BCUT2D eigenvalue weighted by molar-refractivity contribution is 0.102. The third-order valence-corrected chi connectivity index (χ3v) is 3.70. The Morgan fingerprint density at radius 3 is 2.48 bits per heavy atom. The number of amides is 1. The van der Waals surface area contributed by atoms with Crippen molar-refractivity contribution in [3.63, 3.8) is 0 Å². The van der Waals surface area contributed by atoms with Gasteiger partial charge in [-0.1, -0.05) is 6.07 Å². The van der Waals surface area contributed by atoms with Gasteiger partial charge in [0.2, 0.25) is 5.95 Å². The summed E-state index contributed by atoms with van der Waals surface area (Å²) in [6, 6.07) is 14.5. The number of hydrogen-bond donors (Lipinski definition) is 3. The number of rotatable bonds is 6. The van der Waals surface area contributed by atoms with Crippen molar-refractivity contribution in [2.75, 3.05) is 22.5 Å². The second-order valence-electron chi connectivity index (χ2n) is 5.92. The van der Waals surface area contributed by atoms with Crippen molar-refractivity contribution in [3.8, 4) is 0 Å². The maximum atomic E-state index is 13.2. The molecule has 0 spiro atoms. The number of nitrogens with zero attached hydrogens (tertiary/aromatic N) is 2. The highest BCUT2D eigenvalue weighted by Crippen LogP contribution is 2.19. The summed E-state index contributed by atoms with van der Waals surface area (Å²) < 4.78 is 13.2. The number of aromatic nitrogens is 2. The lowest BCUT2D eigenvalue weighted by Crippen LogP contribution is -2.12. The van der Waals surface area contributed by atoms with Crippen molar-refractivity contribution >= 4 is 29.0 Å². The lowest BCUT2D eigenvalue weighted by atomic mass is 10.2. The molecular weight excluding hydrogens is 345 g/mol. The van der Waals surface area contributed by atoms with E-state index in [9.17, 15) is 9.18 Å². The Kier molecular flexibility index (Phi) is 5.61. The van der Waals surface area contributed by atoms with E-state index in [1.165, 1.54) is 18.2 Å². The Balaban J connectivity index is 1.68. The van der Waals surface area contributed by atoms with Crippen LogP contribution in [0.15, 0.2) is 54.6 Å². The Bertz CT molecular complexity index is 943. The fourth-order valence-corrected chi connectivity index (χ4v) is 2.50. The number of carbonyl (C=O) groups is 1. The number of benzene rings is 2. The van der Waals surface area contributed by atoms with Gasteiger partial charge in [-0.05, 0) is 56.3 Å². The predicted octanol–water partition coefficient (Wildman–Crippen LogP) is 4.35. The molecular formula is C20H20FN5O. The van der Waals surface area contributed by atoms with E-state index in [0.717, 1.165) is 23.7 Å². The SMILES string of the molecule is CCNc1cc(C)nc(Nc2ccc(NC(=O)c3cccc(F)c3)cc2)n1. The number of hydrogen-bond acceptors (Lipinski definition) is 5. The molecule has 3 N–H and O–H groups in total. The highest BCUT2D eigenvalue weighted by Gasteiger charge is 2.07. The van der Waals surface area contributed by atoms with Crippen molar-refractivity contribution in [1.29, 1.82) is 0 Å². The van der Waals surface area contributed by atoms with Crippen LogP contribution in [0.3, 0.4) is 0 Å². The quantitative estimate of drug-likeness (QED) is 0.605. The third kappa shape index (κ3) is 5.01. The molecule has 1 aromatic heterocycles. The van der Waals surface area contributed by atoms with E-state index in [1.807, 2.05) is 19.9 Å². The first-order valence-electron chi connectivity index (χ1n) is 8.57. The molecule has 0 bridgehead atoms. The van der Waals surface area contributed by atoms with E-state index in [-0.39, 0.29) is 11.5 Å². The van der Waals surface area contributed by atoms with Gasteiger partial charge < -0.3 is 16.0 Å². The number of halogens is 1. The van der Waals surface area contributed by atoms with Gasteiger partial charge in [0.05, 0.1) is 0 Å². The topological polar surface area (TPSA) is 78.9 Å². The molecule has 0 aliphatic heterocycles. The second-order valence-corrected chi connectivity index (χ2v) is 5.92. The van der Waals surface area contributed by atoms with Gasteiger partial charge in [0, 0.05) is 35.2 Å². The molecule has 27 heavy (non-hydrogen) atoms. The molecule has 7 heteroatoms. The van der Waals surface area contributed by atoms with Crippen LogP contribution in [-0.2, 0) is 0 Å². The Labute approximate surface area is 156 Å². The van der Waals surface area contributed by atoms with Crippen LogP contribution in [0.2, 0.25) is 0 Å². The zero-order valence-electron chi connectivity index (χ0n) is 15.1. The van der Waals surface area contributed by atoms with E-state index in [1.54, 1.807) is 30.3 Å². The van der Waals surface area contributed by atoms with Gasteiger partial charge in [0.25, 0.3) is 5.91 Å². The van der Waals surface area contributed by atoms with Crippen molar-refractivity contribution in [2.45, 2.75) is 13.8 Å². The summed E-state index contributed by atoms with van der Waals surface area (Å²) in [7, 11) is 0. The monoisotopic (exact) mass is 365 g/mol. The van der Waals surface area contributed by atoms with E-state index in [4.69, 9.17) is 0 Å². The number of carbonyl (C=O) groups excluding carboxylic acids is 1. The summed E-state index contributed by atoms with van der Waals surface area (Å²) in [4.78, 5) is 20.9. The van der Waals surface area contributed by atoms with Crippen molar-refractivity contribution in [3.05, 3.63) is 71.7 Å². The molecule has 0 saturated carbocycles. The number of aryl methyl sites for hydroxylation is 1. The van der Waals surface area contributed by atoms with Crippen LogP contribution in [0, 0.1) is 12.7 Å². The molecule has 0 aliphatic rings. The van der Waals surface area contributed by atoms with Gasteiger partial charge in [0.1, 0.15) is 11.6 Å². The third-order valence-electron chi connectivity index (χ3n) is 3.70. The molecule has 2 aromatic carbocycles. The zero-order valence-corrected chi connectivity index (χ0v) is 15.1. The van der Waals surface area contributed by atoms with Crippen LogP contribution >= 0.6 is 0 Å². The molecule has 0 saturated heterocycles. The molecule has 0 aliphatic carbocycles. The van der Waals surface area contributed by atoms with E-state index < -0.39 is 5.82 Å². The second kappa shape index (κ2) is 8.27. The number of anilines is 4.